The average Bonchev–Trinajstić information content (AvgIpc) is 3.04. The molecule has 0 fully saturated rings. The minimum absolute atomic E-state index is 0.636. The van der Waals surface area contributed by atoms with Gasteiger partial charge >= 0.3 is 0 Å². The van der Waals surface area contributed by atoms with Crippen molar-refractivity contribution in [1.82, 2.24) is 0 Å². The van der Waals surface area contributed by atoms with Gasteiger partial charge in [-0.1, -0.05) is 71.3 Å². The molecule has 0 aliphatic carbocycles. The molecule has 1 unspecified atom stereocenters. The second-order valence-electron chi connectivity index (χ2n) is 4.81. The van der Waals surface area contributed by atoms with Gasteiger partial charge in [-0.05, 0) is 19.4 Å². The molecule has 1 heterocycles. The Hall–Kier alpha value is -1.60. The molecule has 1 aliphatic heterocycles. The smallest absolute Gasteiger partial charge is 0.201 e. The van der Waals surface area contributed by atoms with Crippen LogP contribution in [-0.2, 0) is 5.00 Å². The first-order chi connectivity index (χ1) is 8.59. The molecule has 1 aliphatic rings. The molecule has 0 N–H and O–H groups in total. The van der Waals surface area contributed by atoms with Crippen molar-refractivity contribution < 1.29 is 0 Å². The third-order valence-corrected chi connectivity index (χ3v) is 3.77. The van der Waals surface area contributed by atoms with Crippen LogP contribution in [0, 0.1) is 13.8 Å². The van der Waals surface area contributed by atoms with E-state index in [0.29, 0.717) is 0 Å². The van der Waals surface area contributed by atoms with Crippen LogP contribution in [0.1, 0.15) is 22.3 Å². The zero-order chi connectivity index (χ0) is 12.8. The monoisotopic (exact) mass is 255 g/mol. The Bertz CT molecular complexity index is 611. The number of hydrogen-bond acceptors (Lipinski definition) is 1. The van der Waals surface area contributed by atoms with E-state index in [-0.39, 0.29) is 0 Å². The molecule has 90 valence electrons. The number of halogens is 1. The molecule has 0 amide bonds. The maximum Gasteiger partial charge on any atom is 0.201 e. The summed E-state index contributed by atoms with van der Waals surface area (Å²) >= 11 is 6.56. The van der Waals surface area contributed by atoms with Crippen molar-refractivity contribution in [3.05, 3.63) is 70.8 Å². The van der Waals surface area contributed by atoms with Crippen LogP contribution in [0.5, 0.6) is 0 Å². The number of benzene rings is 2. The van der Waals surface area contributed by atoms with Crippen LogP contribution in [0.25, 0.3) is 0 Å². The Morgan fingerprint density at radius 1 is 0.833 bits per heavy atom. The fourth-order valence-corrected chi connectivity index (χ4v) is 2.39. The molecule has 0 aromatic heterocycles. The third-order valence-electron chi connectivity index (χ3n) is 3.29. The summed E-state index contributed by atoms with van der Waals surface area (Å²) in [5, 5.41) is 0. The molecule has 18 heavy (non-hydrogen) atoms. The molecule has 2 aromatic carbocycles. The molecule has 2 heteroatoms. The molecule has 0 bridgehead atoms. The topological polar surface area (TPSA) is 12.4 Å². The third kappa shape index (κ3) is 1.85. The van der Waals surface area contributed by atoms with Crippen LogP contribution in [0.2, 0.25) is 0 Å². The van der Waals surface area contributed by atoms with E-state index in [1.54, 1.807) is 0 Å². The van der Waals surface area contributed by atoms with E-state index in [0.717, 1.165) is 16.8 Å². The Kier molecular flexibility index (Phi) is 2.53. The Labute approximate surface area is 112 Å². The van der Waals surface area contributed by atoms with E-state index in [1.165, 1.54) is 11.1 Å². The molecule has 3 rings (SSSR count). The van der Waals surface area contributed by atoms with Gasteiger partial charge in [-0.15, -0.1) is 0 Å². The lowest BCUT2D eigenvalue weighted by atomic mass is 10.0. The van der Waals surface area contributed by atoms with E-state index in [9.17, 15) is 0 Å². The number of nitrogens with zero attached hydrogens (tertiary/aromatic N) is 1. The zero-order valence-electron chi connectivity index (χ0n) is 10.4. The molecule has 0 saturated carbocycles. The normalized spacial score (nSPS) is 21.6. The summed E-state index contributed by atoms with van der Waals surface area (Å²) < 4.78 is 0. The summed E-state index contributed by atoms with van der Waals surface area (Å²) in [4.78, 5) is 3.83. The molecular formula is C16H14ClN. The van der Waals surface area contributed by atoms with Crippen LogP contribution in [0.15, 0.2) is 53.5 Å². The Morgan fingerprint density at radius 3 is 1.89 bits per heavy atom. The molecule has 0 saturated heterocycles. The highest BCUT2D eigenvalue weighted by Gasteiger charge is 2.47. The highest BCUT2D eigenvalue weighted by molar-refractivity contribution is 6.45. The highest BCUT2D eigenvalue weighted by atomic mass is 35.5. The lowest BCUT2D eigenvalue weighted by molar-refractivity contribution is 1.02. The van der Waals surface area contributed by atoms with E-state index in [2.05, 4.69) is 55.2 Å². The number of aliphatic imine (C=N–C) groups is 1. The predicted molar refractivity (Wildman–Crippen MR) is 76.4 cm³/mol. The number of aryl methyl sites for hydroxylation is 2. The summed E-state index contributed by atoms with van der Waals surface area (Å²) in [6.45, 7) is 4.14. The van der Waals surface area contributed by atoms with Crippen molar-refractivity contribution in [3.63, 3.8) is 0 Å². The van der Waals surface area contributed by atoms with E-state index < -0.39 is 5.00 Å². The largest absolute Gasteiger partial charge is 0.251 e. The quantitative estimate of drug-likeness (QED) is 0.563. The Morgan fingerprint density at radius 2 is 1.33 bits per heavy atom. The summed E-state index contributed by atoms with van der Waals surface area (Å²) in [7, 11) is 0. The SMILES string of the molecule is Cc1ccc(C2=NC2(Cl)c2ccc(C)cc2)cc1. The second-order valence-corrected chi connectivity index (χ2v) is 5.36. The maximum absolute atomic E-state index is 6.56. The highest BCUT2D eigenvalue weighted by Crippen LogP contribution is 2.46. The minimum Gasteiger partial charge on any atom is -0.251 e. The molecule has 1 nitrogen and oxygen atoms in total. The van der Waals surface area contributed by atoms with E-state index in [1.807, 2.05) is 12.1 Å². The van der Waals surface area contributed by atoms with Crippen molar-refractivity contribution in [2.24, 2.45) is 4.99 Å². The first-order valence-corrected chi connectivity index (χ1v) is 6.41. The van der Waals surface area contributed by atoms with Crippen LogP contribution in [0.3, 0.4) is 0 Å². The summed E-state index contributed by atoms with van der Waals surface area (Å²) in [6.07, 6.45) is 0. The minimum atomic E-state index is -0.636. The Balaban J connectivity index is 1.89. The van der Waals surface area contributed by atoms with Gasteiger partial charge in [-0.25, -0.2) is 0 Å². The predicted octanol–water partition coefficient (Wildman–Crippen LogP) is 4.20. The van der Waals surface area contributed by atoms with Gasteiger partial charge in [0.05, 0.1) is 5.71 Å². The zero-order valence-corrected chi connectivity index (χ0v) is 11.2. The van der Waals surface area contributed by atoms with Crippen LogP contribution in [0.4, 0.5) is 0 Å². The standard InChI is InChI=1S/C16H14ClN/c1-11-3-7-13(8-4-11)15-16(17,18-15)14-9-5-12(2)6-10-14/h3-10H,1-2H3. The van der Waals surface area contributed by atoms with Gasteiger partial charge in [0.15, 0.2) is 0 Å². The van der Waals surface area contributed by atoms with Crippen molar-refractivity contribution in [2.75, 3.05) is 0 Å². The van der Waals surface area contributed by atoms with Crippen LogP contribution in [-0.4, -0.2) is 5.71 Å². The average molecular weight is 256 g/mol. The van der Waals surface area contributed by atoms with Crippen molar-refractivity contribution in [3.8, 4) is 0 Å². The van der Waals surface area contributed by atoms with Gasteiger partial charge in [0.25, 0.3) is 0 Å². The van der Waals surface area contributed by atoms with Crippen molar-refractivity contribution in [2.45, 2.75) is 18.8 Å². The lowest BCUT2D eigenvalue weighted by Gasteiger charge is -2.08. The maximum atomic E-state index is 6.56. The van der Waals surface area contributed by atoms with Gasteiger partial charge in [0.1, 0.15) is 0 Å². The lowest BCUT2D eigenvalue weighted by Crippen LogP contribution is -2.09. The summed E-state index contributed by atoms with van der Waals surface area (Å²) in [6, 6.07) is 16.6. The molecule has 1 atom stereocenters. The van der Waals surface area contributed by atoms with Crippen molar-refractivity contribution in [1.29, 1.82) is 0 Å². The first kappa shape index (κ1) is 11.5. The molecule has 2 aromatic rings. The fourth-order valence-electron chi connectivity index (χ4n) is 2.07. The van der Waals surface area contributed by atoms with Gasteiger partial charge in [-0.3, -0.25) is 4.99 Å². The van der Waals surface area contributed by atoms with E-state index >= 15 is 0 Å². The molecule has 0 radical (unpaired) electrons. The molecular weight excluding hydrogens is 242 g/mol. The van der Waals surface area contributed by atoms with Crippen molar-refractivity contribution >= 4 is 17.3 Å². The first-order valence-electron chi connectivity index (χ1n) is 6.03. The van der Waals surface area contributed by atoms with Gasteiger partial charge in [0, 0.05) is 5.56 Å². The number of hydrogen-bond donors (Lipinski definition) is 0. The summed E-state index contributed by atoms with van der Waals surface area (Å²) in [5.41, 5.74) is 5.60. The van der Waals surface area contributed by atoms with Crippen LogP contribution < -0.4 is 0 Å². The summed E-state index contributed by atoms with van der Waals surface area (Å²) in [5.74, 6) is 0. The number of alkyl halides is 1. The fraction of sp³-hybridized carbons (Fsp3) is 0.188. The van der Waals surface area contributed by atoms with E-state index in [4.69, 9.17) is 11.6 Å². The molecule has 0 spiro atoms. The van der Waals surface area contributed by atoms with Crippen LogP contribution >= 0.6 is 11.6 Å². The second kappa shape index (κ2) is 3.96. The van der Waals surface area contributed by atoms with Gasteiger partial charge in [-0.2, -0.15) is 0 Å². The van der Waals surface area contributed by atoms with Gasteiger partial charge < -0.3 is 0 Å². The van der Waals surface area contributed by atoms with Gasteiger partial charge in [0.2, 0.25) is 5.00 Å². The number of rotatable bonds is 2.